The molecule has 1 fully saturated rings. The quantitative estimate of drug-likeness (QED) is 0.900. The summed E-state index contributed by atoms with van der Waals surface area (Å²) < 4.78 is 11.7. The summed E-state index contributed by atoms with van der Waals surface area (Å²) in [7, 11) is 1.68. The van der Waals surface area contributed by atoms with Crippen molar-refractivity contribution in [3.63, 3.8) is 0 Å². The third-order valence-electron chi connectivity index (χ3n) is 4.61. The summed E-state index contributed by atoms with van der Waals surface area (Å²) in [5, 5.41) is 0. The van der Waals surface area contributed by atoms with Gasteiger partial charge in [-0.3, -0.25) is 4.90 Å². The highest BCUT2D eigenvalue weighted by Gasteiger charge is 2.45. The third kappa shape index (κ3) is 2.27. The fourth-order valence-corrected chi connectivity index (χ4v) is 3.39. The average Bonchev–Trinajstić information content (AvgIpc) is 2.81. The highest BCUT2D eigenvalue weighted by molar-refractivity contribution is 5.44. The summed E-state index contributed by atoms with van der Waals surface area (Å²) in [4.78, 5) is 2.47. The molecule has 4 heteroatoms. The summed E-state index contributed by atoms with van der Waals surface area (Å²) in [6, 6.07) is 6.56. The second kappa shape index (κ2) is 4.93. The van der Waals surface area contributed by atoms with Gasteiger partial charge < -0.3 is 15.2 Å². The molecule has 0 aromatic heterocycles. The lowest BCUT2D eigenvalue weighted by Gasteiger charge is -2.39. The molecule has 110 valence electrons. The second-order valence-corrected chi connectivity index (χ2v) is 6.31. The van der Waals surface area contributed by atoms with Gasteiger partial charge in [-0.1, -0.05) is 6.07 Å². The maximum atomic E-state index is 6.37. The molecule has 0 bridgehead atoms. The topological polar surface area (TPSA) is 47.7 Å². The van der Waals surface area contributed by atoms with Gasteiger partial charge in [0.1, 0.15) is 17.1 Å². The summed E-state index contributed by atoms with van der Waals surface area (Å²) in [6.45, 7) is 6.52. The third-order valence-corrected chi connectivity index (χ3v) is 4.61. The van der Waals surface area contributed by atoms with Crippen molar-refractivity contribution in [2.24, 2.45) is 5.73 Å². The molecule has 2 aliphatic rings. The van der Waals surface area contributed by atoms with Crippen molar-refractivity contribution in [1.29, 1.82) is 0 Å². The number of benzene rings is 1. The van der Waals surface area contributed by atoms with Crippen LogP contribution in [-0.4, -0.2) is 36.7 Å². The number of ether oxygens (including phenoxy) is 2. The molecule has 1 aromatic carbocycles. The van der Waals surface area contributed by atoms with E-state index in [0.29, 0.717) is 6.04 Å². The minimum absolute atomic E-state index is 0.0526. The average molecular weight is 276 g/mol. The Morgan fingerprint density at radius 2 is 2.25 bits per heavy atom. The van der Waals surface area contributed by atoms with Crippen LogP contribution in [0.15, 0.2) is 18.2 Å². The minimum Gasteiger partial charge on any atom is -0.497 e. The summed E-state index contributed by atoms with van der Waals surface area (Å²) in [5.41, 5.74) is 7.35. The number of rotatable bonds is 2. The van der Waals surface area contributed by atoms with E-state index >= 15 is 0 Å². The van der Waals surface area contributed by atoms with Crippen LogP contribution in [0.5, 0.6) is 11.5 Å². The lowest BCUT2D eigenvalue weighted by atomic mass is 9.87. The minimum atomic E-state index is -0.122. The van der Waals surface area contributed by atoms with Crippen LogP contribution in [0.25, 0.3) is 0 Å². The molecule has 2 N–H and O–H groups in total. The highest BCUT2D eigenvalue weighted by Crippen LogP contribution is 2.44. The summed E-state index contributed by atoms with van der Waals surface area (Å²) in [6.07, 6.45) is 1.95. The van der Waals surface area contributed by atoms with Gasteiger partial charge in [0.05, 0.1) is 7.11 Å². The van der Waals surface area contributed by atoms with Crippen molar-refractivity contribution in [1.82, 2.24) is 4.90 Å². The van der Waals surface area contributed by atoms with Gasteiger partial charge in [0.2, 0.25) is 0 Å². The van der Waals surface area contributed by atoms with E-state index in [2.05, 4.69) is 18.7 Å². The highest BCUT2D eigenvalue weighted by atomic mass is 16.5. The molecule has 20 heavy (non-hydrogen) atoms. The van der Waals surface area contributed by atoms with Crippen molar-refractivity contribution in [2.75, 3.05) is 20.2 Å². The molecule has 0 radical (unpaired) electrons. The first-order chi connectivity index (χ1) is 9.53. The molecule has 2 unspecified atom stereocenters. The predicted octanol–water partition coefficient (Wildman–Crippen LogP) is 2.33. The number of hydrogen-bond donors (Lipinski definition) is 1. The van der Waals surface area contributed by atoms with Gasteiger partial charge in [-0.25, -0.2) is 0 Å². The van der Waals surface area contributed by atoms with Gasteiger partial charge in [0, 0.05) is 49.6 Å². The van der Waals surface area contributed by atoms with Crippen LogP contribution in [0, 0.1) is 0 Å². The van der Waals surface area contributed by atoms with Gasteiger partial charge in [0.15, 0.2) is 0 Å². The monoisotopic (exact) mass is 276 g/mol. The van der Waals surface area contributed by atoms with Crippen LogP contribution >= 0.6 is 0 Å². The SMILES string of the molecule is COc1ccc2c(c1)OC1(CCN(C(C)C)C1)CC2N. The van der Waals surface area contributed by atoms with Gasteiger partial charge in [-0.2, -0.15) is 0 Å². The number of likely N-dealkylation sites (tertiary alicyclic amines) is 1. The molecule has 0 aliphatic carbocycles. The zero-order valence-corrected chi connectivity index (χ0v) is 12.6. The van der Waals surface area contributed by atoms with Crippen molar-refractivity contribution in [3.8, 4) is 11.5 Å². The first-order valence-corrected chi connectivity index (χ1v) is 7.39. The Morgan fingerprint density at radius 3 is 2.90 bits per heavy atom. The van der Waals surface area contributed by atoms with E-state index < -0.39 is 0 Å². The molecule has 0 amide bonds. The van der Waals surface area contributed by atoms with E-state index in [-0.39, 0.29) is 11.6 Å². The van der Waals surface area contributed by atoms with Crippen LogP contribution in [0.3, 0.4) is 0 Å². The number of methoxy groups -OCH3 is 1. The molecule has 1 saturated heterocycles. The van der Waals surface area contributed by atoms with E-state index in [1.165, 1.54) is 0 Å². The normalized spacial score (nSPS) is 29.6. The fraction of sp³-hybridized carbons (Fsp3) is 0.625. The molecule has 1 spiro atoms. The predicted molar refractivity (Wildman–Crippen MR) is 79.2 cm³/mol. The summed E-state index contributed by atoms with van der Waals surface area (Å²) in [5.74, 6) is 1.72. The largest absolute Gasteiger partial charge is 0.497 e. The Morgan fingerprint density at radius 1 is 1.45 bits per heavy atom. The van der Waals surface area contributed by atoms with E-state index in [1.54, 1.807) is 7.11 Å². The standard InChI is InChI=1S/C16H24N2O2/c1-11(2)18-7-6-16(10-18)9-14(17)13-5-4-12(19-3)8-15(13)20-16/h4-5,8,11,14H,6-7,9-10,17H2,1-3H3. The second-order valence-electron chi connectivity index (χ2n) is 6.31. The molecule has 0 saturated carbocycles. The number of nitrogens with two attached hydrogens (primary N) is 1. The summed E-state index contributed by atoms with van der Waals surface area (Å²) >= 11 is 0. The van der Waals surface area contributed by atoms with Crippen molar-refractivity contribution < 1.29 is 9.47 Å². The maximum absolute atomic E-state index is 6.37. The molecular formula is C16H24N2O2. The molecule has 2 aliphatic heterocycles. The number of nitrogens with zero attached hydrogens (tertiary/aromatic N) is 1. The zero-order valence-electron chi connectivity index (χ0n) is 12.6. The molecular weight excluding hydrogens is 252 g/mol. The number of fused-ring (bicyclic) bond motifs is 1. The molecule has 4 nitrogen and oxygen atoms in total. The first-order valence-electron chi connectivity index (χ1n) is 7.39. The van der Waals surface area contributed by atoms with Crippen LogP contribution in [0.4, 0.5) is 0 Å². The molecule has 1 aromatic rings. The zero-order chi connectivity index (χ0) is 14.3. The number of hydrogen-bond acceptors (Lipinski definition) is 4. The Kier molecular flexibility index (Phi) is 3.38. The molecule has 2 heterocycles. The Hall–Kier alpha value is -1.26. The van der Waals surface area contributed by atoms with Crippen molar-refractivity contribution >= 4 is 0 Å². The van der Waals surface area contributed by atoms with Crippen LogP contribution in [-0.2, 0) is 0 Å². The molecule has 3 rings (SSSR count). The van der Waals surface area contributed by atoms with Gasteiger partial charge in [-0.15, -0.1) is 0 Å². The Bertz CT molecular complexity index is 503. The van der Waals surface area contributed by atoms with E-state index in [4.69, 9.17) is 15.2 Å². The van der Waals surface area contributed by atoms with Crippen LogP contribution in [0.2, 0.25) is 0 Å². The Labute approximate surface area is 120 Å². The van der Waals surface area contributed by atoms with Crippen LogP contribution in [0.1, 0.15) is 38.3 Å². The first kappa shape index (κ1) is 13.7. The smallest absolute Gasteiger partial charge is 0.128 e. The lowest BCUT2D eigenvalue weighted by Crippen LogP contribution is -2.46. The fourth-order valence-electron chi connectivity index (χ4n) is 3.39. The van der Waals surface area contributed by atoms with Gasteiger partial charge >= 0.3 is 0 Å². The van der Waals surface area contributed by atoms with Gasteiger partial charge in [0.25, 0.3) is 0 Å². The van der Waals surface area contributed by atoms with Crippen molar-refractivity contribution in [3.05, 3.63) is 23.8 Å². The van der Waals surface area contributed by atoms with E-state index in [1.807, 2.05) is 18.2 Å². The molecule has 2 atom stereocenters. The van der Waals surface area contributed by atoms with Crippen molar-refractivity contribution in [2.45, 2.75) is 44.4 Å². The van der Waals surface area contributed by atoms with Gasteiger partial charge in [-0.05, 0) is 19.9 Å². The lowest BCUT2D eigenvalue weighted by molar-refractivity contribution is 0.0407. The van der Waals surface area contributed by atoms with E-state index in [0.717, 1.165) is 43.0 Å². The Balaban J connectivity index is 1.88. The van der Waals surface area contributed by atoms with E-state index in [9.17, 15) is 0 Å². The van der Waals surface area contributed by atoms with Crippen LogP contribution < -0.4 is 15.2 Å². The maximum Gasteiger partial charge on any atom is 0.128 e.